The van der Waals surface area contributed by atoms with E-state index in [1.807, 2.05) is 0 Å². The molecule has 4 nitrogen and oxygen atoms in total. The van der Waals surface area contributed by atoms with Gasteiger partial charge >= 0.3 is 0 Å². The zero-order valence-electron chi connectivity index (χ0n) is 6.11. The normalized spacial score (nSPS) is 10.0. The quantitative estimate of drug-likeness (QED) is 0.679. The number of hydrogen-bond donors (Lipinski definition) is 3. The lowest BCUT2D eigenvalue weighted by atomic mass is 10.2. The molecule has 66 valence electrons. The van der Waals surface area contributed by atoms with Gasteiger partial charge < -0.3 is 5.11 Å². The van der Waals surface area contributed by atoms with E-state index in [2.05, 4.69) is 15.9 Å². The molecule has 0 saturated carbocycles. The maximum absolute atomic E-state index is 8.87. The molecule has 0 spiro atoms. The zero-order chi connectivity index (χ0) is 9.14. The second-order valence-electron chi connectivity index (χ2n) is 2.19. The highest BCUT2D eigenvalue weighted by Gasteiger charge is 2.08. The highest BCUT2D eigenvalue weighted by molar-refractivity contribution is 9.10. The van der Waals surface area contributed by atoms with Crippen molar-refractivity contribution in [1.82, 2.24) is 0 Å². The number of aliphatic hydroxyl groups is 1. The number of rotatable bonds is 2. The van der Waals surface area contributed by atoms with Crippen LogP contribution >= 0.6 is 15.9 Å². The van der Waals surface area contributed by atoms with E-state index in [-0.39, 0.29) is 17.5 Å². The van der Waals surface area contributed by atoms with Gasteiger partial charge in [-0.05, 0) is 12.1 Å². The van der Waals surface area contributed by atoms with E-state index in [1.165, 1.54) is 6.07 Å². The van der Waals surface area contributed by atoms with Gasteiger partial charge in [-0.3, -0.25) is 10.4 Å². The molecule has 0 aromatic heterocycles. The SMILES string of the molecule is OCc1c(Br)cccc1N(O)O. The Bertz CT molecular complexity index is 277. The van der Waals surface area contributed by atoms with Crippen LogP contribution in [0.5, 0.6) is 0 Å². The molecule has 0 fully saturated rings. The summed E-state index contributed by atoms with van der Waals surface area (Å²) in [7, 11) is 0. The first kappa shape index (κ1) is 9.47. The molecule has 0 amide bonds. The minimum Gasteiger partial charge on any atom is -0.392 e. The van der Waals surface area contributed by atoms with Crippen LogP contribution < -0.4 is 5.23 Å². The van der Waals surface area contributed by atoms with Crippen molar-refractivity contribution in [2.75, 3.05) is 5.23 Å². The molecule has 0 aliphatic carbocycles. The van der Waals surface area contributed by atoms with Crippen molar-refractivity contribution >= 4 is 21.6 Å². The Morgan fingerprint density at radius 3 is 2.42 bits per heavy atom. The molecule has 1 aromatic rings. The van der Waals surface area contributed by atoms with E-state index < -0.39 is 0 Å². The summed E-state index contributed by atoms with van der Waals surface area (Å²) >= 11 is 3.17. The van der Waals surface area contributed by atoms with Crippen LogP contribution in [0.1, 0.15) is 5.56 Å². The van der Waals surface area contributed by atoms with Crippen LogP contribution in [0.25, 0.3) is 0 Å². The fourth-order valence-corrected chi connectivity index (χ4v) is 1.37. The van der Waals surface area contributed by atoms with Gasteiger partial charge in [-0.1, -0.05) is 22.0 Å². The minimum atomic E-state index is -0.256. The predicted octanol–water partition coefficient (Wildman–Crippen LogP) is 1.53. The summed E-state index contributed by atoms with van der Waals surface area (Å²) in [5, 5.41) is 26.3. The summed E-state index contributed by atoms with van der Waals surface area (Å²) in [5.74, 6) is 0. The van der Waals surface area contributed by atoms with Crippen LogP contribution in [0.4, 0.5) is 5.69 Å². The van der Waals surface area contributed by atoms with Gasteiger partial charge in [-0.15, -0.1) is 5.23 Å². The number of anilines is 1. The van der Waals surface area contributed by atoms with Gasteiger partial charge in [0.25, 0.3) is 0 Å². The molecule has 1 rings (SSSR count). The molecule has 0 unspecified atom stereocenters. The lowest BCUT2D eigenvalue weighted by molar-refractivity contribution is 0.0280. The van der Waals surface area contributed by atoms with Crippen molar-refractivity contribution in [2.45, 2.75) is 6.61 Å². The van der Waals surface area contributed by atoms with Crippen molar-refractivity contribution in [1.29, 1.82) is 0 Å². The largest absolute Gasteiger partial charge is 0.392 e. The zero-order valence-corrected chi connectivity index (χ0v) is 7.69. The fraction of sp³-hybridized carbons (Fsp3) is 0.143. The molecular formula is C7H8BrNO3. The van der Waals surface area contributed by atoms with E-state index >= 15 is 0 Å². The van der Waals surface area contributed by atoms with Crippen LogP contribution in [-0.4, -0.2) is 15.5 Å². The van der Waals surface area contributed by atoms with Gasteiger partial charge in [0.1, 0.15) is 5.69 Å². The first-order valence-electron chi connectivity index (χ1n) is 3.23. The summed E-state index contributed by atoms with van der Waals surface area (Å²) < 4.78 is 0.635. The second kappa shape index (κ2) is 3.86. The lowest BCUT2D eigenvalue weighted by Gasteiger charge is -2.12. The van der Waals surface area contributed by atoms with Crippen molar-refractivity contribution in [3.8, 4) is 0 Å². The minimum absolute atomic E-state index is 0.0175. The Kier molecular flexibility index (Phi) is 3.05. The third kappa shape index (κ3) is 1.75. The molecule has 3 N–H and O–H groups in total. The topological polar surface area (TPSA) is 63.9 Å². The summed E-state index contributed by atoms with van der Waals surface area (Å²) in [5.41, 5.74) is 0.592. The van der Waals surface area contributed by atoms with Gasteiger partial charge in [0.05, 0.1) is 6.61 Å². The molecule has 0 heterocycles. The van der Waals surface area contributed by atoms with Crippen LogP contribution in [0, 0.1) is 0 Å². The number of aliphatic hydroxyl groups excluding tert-OH is 1. The van der Waals surface area contributed by atoms with Crippen molar-refractivity contribution < 1.29 is 15.5 Å². The smallest absolute Gasteiger partial charge is 0.101 e. The molecule has 0 saturated heterocycles. The monoisotopic (exact) mass is 233 g/mol. The van der Waals surface area contributed by atoms with Crippen molar-refractivity contribution in [3.05, 3.63) is 28.2 Å². The van der Waals surface area contributed by atoms with E-state index in [4.69, 9.17) is 15.5 Å². The Labute approximate surface area is 77.7 Å². The van der Waals surface area contributed by atoms with Gasteiger partial charge in [-0.25, -0.2) is 0 Å². The van der Waals surface area contributed by atoms with E-state index in [1.54, 1.807) is 12.1 Å². The molecule has 12 heavy (non-hydrogen) atoms. The molecule has 0 atom stereocenters. The molecule has 0 aliphatic heterocycles. The molecule has 0 radical (unpaired) electrons. The first-order chi connectivity index (χ1) is 5.66. The second-order valence-corrected chi connectivity index (χ2v) is 3.04. The van der Waals surface area contributed by atoms with Gasteiger partial charge in [-0.2, -0.15) is 0 Å². The number of nitrogens with zero attached hydrogens (tertiary/aromatic N) is 1. The molecule has 5 heteroatoms. The van der Waals surface area contributed by atoms with E-state index in [9.17, 15) is 0 Å². The van der Waals surface area contributed by atoms with Crippen LogP contribution in [0.3, 0.4) is 0 Å². The number of benzene rings is 1. The number of hydrogen-bond acceptors (Lipinski definition) is 4. The average molecular weight is 234 g/mol. The molecular weight excluding hydrogens is 226 g/mol. The molecule has 1 aromatic carbocycles. The highest BCUT2D eigenvalue weighted by atomic mass is 79.9. The van der Waals surface area contributed by atoms with Crippen LogP contribution in [0.2, 0.25) is 0 Å². The van der Waals surface area contributed by atoms with E-state index in [0.717, 1.165) is 0 Å². The van der Waals surface area contributed by atoms with Crippen LogP contribution in [0.15, 0.2) is 22.7 Å². The Balaban J connectivity index is 3.18. The van der Waals surface area contributed by atoms with Crippen LogP contribution in [-0.2, 0) is 6.61 Å². The summed E-state index contributed by atoms with van der Waals surface area (Å²) in [6.07, 6.45) is 0. The number of halogens is 1. The van der Waals surface area contributed by atoms with E-state index in [0.29, 0.717) is 10.0 Å². The summed E-state index contributed by atoms with van der Waals surface area (Å²) in [6.45, 7) is -0.256. The van der Waals surface area contributed by atoms with Gasteiger partial charge in [0, 0.05) is 10.0 Å². The molecule has 0 aliphatic rings. The lowest BCUT2D eigenvalue weighted by Crippen LogP contribution is -2.13. The summed E-state index contributed by atoms with van der Waals surface area (Å²) in [4.78, 5) is 0. The Morgan fingerprint density at radius 1 is 1.33 bits per heavy atom. The van der Waals surface area contributed by atoms with Crippen molar-refractivity contribution in [2.24, 2.45) is 0 Å². The third-order valence-corrected chi connectivity index (χ3v) is 2.21. The molecule has 0 bridgehead atoms. The van der Waals surface area contributed by atoms with Crippen molar-refractivity contribution in [3.63, 3.8) is 0 Å². The van der Waals surface area contributed by atoms with Gasteiger partial charge in [0.2, 0.25) is 0 Å². The standard InChI is InChI=1S/C7H8BrNO3/c8-6-2-1-3-7(9(11)12)5(6)4-10/h1-3,10-12H,4H2. The fourth-order valence-electron chi connectivity index (χ4n) is 0.891. The third-order valence-electron chi connectivity index (χ3n) is 1.47. The average Bonchev–Trinajstić information content (AvgIpc) is 2.03. The Morgan fingerprint density at radius 2 is 2.00 bits per heavy atom. The highest BCUT2D eigenvalue weighted by Crippen LogP contribution is 2.25. The predicted molar refractivity (Wildman–Crippen MR) is 46.1 cm³/mol. The maximum Gasteiger partial charge on any atom is 0.101 e. The Hall–Kier alpha value is -0.620. The maximum atomic E-state index is 8.87. The summed E-state index contributed by atoms with van der Waals surface area (Å²) in [6, 6.07) is 4.83. The van der Waals surface area contributed by atoms with Gasteiger partial charge in [0.15, 0.2) is 0 Å². The first-order valence-corrected chi connectivity index (χ1v) is 4.02.